The van der Waals surface area contributed by atoms with Gasteiger partial charge in [0.25, 0.3) is 0 Å². The van der Waals surface area contributed by atoms with E-state index < -0.39 is 11.5 Å². The van der Waals surface area contributed by atoms with Gasteiger partial charge >= 0.3 is 5.97 Å². The first-order valence-electron chi connectivity index (χ1n) is 5.14. The van der Waals surface area contributed by atoms with Gasteiger partial charge in [-0.05, 0) is 25.0 Å². The summed E-state index contributed by atoms with van der Waals surface area (Å²) in [5, 5.41) is 12.8. The van der Waals surface area contributed by atoms with Crippen molar-refractivity contribution in [3.05, 3.63) is 29.3 Å². The van der Waals surface area contributed by atoms with Gasteiger partial charge in [-0.3, -0.25) is 0 Å². The van der Waals surface area contributed by atoms with Crippen molar-refractivity contribution >= 4 is 23.3 Å². The summed E-state index contributed by atoms with van der Waals surface area (Å²) < 4.78 is 0. The van der Waals surface area contributed by atoms with Crippen LogP contribution >= 0.6 is 11.6 Å². The van der Waals surface area contributed by atoms with Crippen molar-refractivity contribution in [2.24, 2.45) is 5.92 Å². The lowest BCUT2D eigenvalue weighted by Crippen LogP contribution is -2.48. The van der Waals surface area contributed by atoms with Crippen molar-refractivity contribution < 1.29 is 9.90 Å². The Bertz CT molecular complexity index is 392. The number of hydrogen-bond acceptors (Lipinski definition) is 2. The zero-order chi connectivity index (χ0) is 12.3. The molecule has 0 aliphatic heterocycles. The Labute approximate surface area is 100 Å². The van der Waals surface area contributed by atoms with Crippen molar-refractivity contribution in [3.63, 3.8) is 0 Å². The van der Waals surface area contributed by atoms with Crippen molar-refractivity contribution in [2.75, 3.05) is 5.32 Å². The minimum Gasteiger partial charge on any atom is -0.480 e. The van der Waals surface area contributed by atoms with Crippen LogP contribution in [0.5, 0.6) is 0 Å². The van der Waals surface area contributed by atoms with Crippen LogP contribution in [-0.4, -0.2) is 16.6 Å². The van der Waals surface area contributed by atoms with Crippen LogP contribution in [0.3, 0.4) is 0 Å². The average Bonchev–Trinajstić information content (AvgIpc) is 2.20. The highest BCUT2D eigenvalue weighted by molar-refractivity contribution is 6.33. The van der Waals surface area contributed by atoms with Crippen LogP contribution in [0.15, 0.2) is 24.3 Å². The molecule has 0 spiro atoms. The third-order valence-corrected chi connectivity index (χ3v) is 3.20. The highest BCUT2D eigenvalue weighted by atomic mass is 35.5. The second kappa shape index (κ2) is 4.74. The first kappa shape index (κ1) is 12.8. The predicted octanol–water partition coefficient (Wildman–Crippen LogP) is 3.25. The lowest BCUT2D eigenvalue weighted by molar-refractivity contribution is -0.143. The summed E-state index contributed by atoms with van der Waals surface area (Å²) in [6.07, 6.45) is 0. The van der Waals surface area contributed by atoms with Gasteiger partial charge in [0.1, 0.15) is 5.54 Å². The highest BCUT2D eigenvalue weighted by Crippen LogP contribution is 2.28. The van der Waals surface area contributed by atoms with Crippen molar-refractivity contribution in [1.82, 2.24) is 0 Å². The second-order valence-electron chi connectivity index (χ2n) is 4.27. The fourth-order valence-electron chi connectivity index (χ4n) is 1.29. The van der Waals surface area contributed by atoms with Gasteiger partial charge in [-0.2, -0.15) is 0 Å². The van der Waals surface area contributed by atoms with E-state index in [9.17, 15) is 9.90 Å². The molecule has 1 rings (SSSR count). The number of aliphatic carboxylic acids is 1. The molecular weight excluding hydrogens is 226 g/mol. The van der Waals surface area contributed by atoms with Crippen LogP contribution in [0.4, 0.5) is 5.69 Å². The van der Waals surface area contributed by atoms with Crippen LogP contribution in [0, 0.1) is 5.92 Å². The molecule has 0 aliphatic carbocycles. The van der Waals surface area contributed by atoms with E-state index in [4.69, 9.17) is 11.6 Å². The van der Waals surface area contributed by atoms with Crippen LogP contribution < -0.4 is 5.32 Å². The van der Waals surface area contributed by atoms with E-state index in [1.165, 1.54) is 0 Å². The summed E-state index contributed by atoms with van der Waals surface area (Å²) >= 11 is 5.98. The van der Waals surface area contributed by atoms with Gasteiger partial charge in [-0.15, -0.1) is 0 Å². The Balaban J connectivity index is 3.02. The molecule has 3 nitrogen and oxygen atoms in total. The summed E-state index contributed by atoms with van der Waals surface area (Å²) in [5.74, 6) is -0.941. The van der Waals surface area contributed by atoms with Gasteiger partial charge in [-0.25, -0.2) is 4.79 Å². The number of carboxylic acids is 1. The number of rotatable bonds is 4. The molecule has 0 saturated carbocycles. The Morgan fingerprint density at radius 1 is 1.44 bits per heavy atom. The molecular formula is C12H16ClNO2. The fourth-order valence-corrected chi connectivity index (χ4v) is 1.47. The summed E-state index contributed by atoms with van der Waals surface area (Å²) in [5.41, 5.74) is -0.381. The maximum Gasteiger partial charge on any atom is 0.329 e. The molecule has 1 unspecified atom stereocenters. The van der Waals surface area contributed by atoms with Crippen LogP contribution in [0.1, 0.15) is 20.8 Å². The number of benzene rings is 1. The van der Waals surface area contributed by atoms with Gasteiger partial charge in [0.15, 0.2) is 0 Å². The smallest absolute Gasteiger partial charge is 0.329 e. The molecule has 0 radical (unpaired) electrons. The van der Waals surface area contributed by atoms with E-state index in [1.807, 2.05) is 19.9 Å². The van der Waals surface area contributed by atoms with Gasteiger partial charge in [-0.1, -0.05) is 37.6 Å². The van der Waals surface area contributed by atoms with E-state index in [0.29, 0.717) is 10.7 Å². The third kappa shape index (κ3) is 2.47. The Morgan fingerprint density at radius 3 is 2.44 bits per heavy atom. The normalized spacial score (nSPS) is 14.6. The summed E-state index contributed by atoms with van der Waals surface area (Å²) in [6.45, 7) is 5.37. The van der Waals surface area contributed by atoms with E-state index in [1.54, 1.807) is 25.1 Å². The molecule has 1 aromatic rings. The molecule has 2 N–H and O–H groups in total. The zero-order valence-electron chi connectivity index (χ0n) is 9.62. The number of anilines is 1. The standard InChI is InChI=1S/C12H16ClNO2/c1-8(2)12(3,11(15)16)14-10-7-5-4-6-9(10)13/h4-8,14H,1-3H3,(H,15,16). The third-order valence-electron chi connectivity index (χ3n) is 2.87. The minimum atomic E-state index is -1.02. The Hall–Kier alpha value is -1.22. The van der Waals surface area contributed by atoms with Crippen LogP contribution in [-0.2, 0) is 4.79 Å². The molecule has 0 saturated heterocycles. The minimum absolute atomic E-state index is 0.0544. The molecule has 0 aliphatic rings. The monoisotopic (exact) mass is 241 g/mol. The molecule has 0 bridgehead atoms. The summed E-state index contributed by atoms with van der Waals surface area (Å²) in [4.78, 5) is 11.3. The van der Waals surface area contributed by atoms with E-state index >= 15 is 0 Å². The molecule has 1 atom stereocenters. The van der Waals surface area contributed by atoms with Crippen molar-refractivity contribution in [2.45, 2.75) is 26.3 Å². The van der Waals surface area contributed by atoms with E-state index in [0.717, 1.165) is 0 Å². The molecule has 88 valence electrons. The molecule has 0 heterocycles. The van der Waals surface area contributed by atoms with Crippen LogP contribution in [0.25, 0.3) is 0 Å². The number of carbonyl (C=O) groups is 1. The molecule has 0 aromatic heterocycles. The first-order valence-corrected chi connectivity index (χ1v) is 5.52. The van der Waals surface area contributed by atoms with Gasteiger partial charge in [0, 0.05) is 0 Å². The Kier molecular flexibility index (Phi) is 3.81. The summed E-state index contributed by atoms with van der Waals surface area (Å²) in [7, 11) is 0. The molecule has 4 heteroatoms. The number of para-hydroxylation sites is 1. The lowest BCUT2D eigenvalue weighted by Gasteiger charge is -2.31. The predicted molar refractivity (Wildman–Crippen MR) is 66.0 cm³/mol. The molecule has 1 aromatic carbocycles. The molecule has 16 heavy (non-hydrogen) atoms. The number of hydrogen-bond donors (Lipinski definition) is 2. The highest BCUT2D eigenvalue weighted by Gasteiger charge is 2.36. The maximum atomic E-state index is 11.3. The SMILES string of the molecule is CC(C)C(C)(Nc1ccccc1Cl)C(=O)O. The lowest BCUT2D eigenvalue weighted by atomic mass is 9.88. The van der Waals surface area contributed by atoms with E-state index in [-0.39, 0.29) is 5.92 Å². The summed E-state index contributed by atoms with van der Waals surface area (Å²) in [6, 6.07) is 7.12. The second-order valence-corrected chi connectivity index (χ2v) is 4.67. The van der Waals surface area contributed by atoms with Gasteiger partial charge < -0.3 is 10.4 Å². The maximum absolute atomic E-state index is 11.3. The van der Waals surface area contributed by atoms with E-state index in [2.05, 4.69) is 5.32 Å². The topological polar surface area (TPSA) is 49.3 Å². The fraction of sp³-hybridized carbons (Fsp3) is 0.417. The van der Waals surface area contributed by atoms with Crippen LogP contribution in [0.2, 0.25) is 5.02 Å². The molecule has 0 amide bonds. The largest absolute Gasteiger partial charge is 0.480 e. The number of halogens is 1. The first-order chi connectivity index (χ1) is 7.38. The van der Waals surface area contributed by atoms with Gasteiger partial charge in [0.05, 0.1) is 10.7 Å². The number of carboxylic acid groups (broad SMARTS) is 1. The Morgan fingerprint density at radius 2 is 2.00 bits per heavy atom. The quantitative estimate of drug-likeness (QED) is 0.851. The number of nitrogens with one attached hydrogen (secondary N) is 1. The molecule has 0 fully saturated rings. The van der Waals surface area contributed by atoms with Crippen molar-refractivity contribution in [3.8, 4) is 0 Å². The zero-order valence-corrected chi connectivity index (χ0v) is 10.4. The van der Waals surface area contributed by atoms with Gasteiger partial charge in [0.2, 0.25) is 0 Å². The van der Waals surface area contributed by atoms with Crippen molar-refractivity contribution in [1.29, 1.82) is 0 Å². The average molecular weight is 242 g/mol.